The van der Waals surface area contributed by atoms with Crippen LogP contribution >= 0.6 is 0 Å². The molecule has 6 nitrogen and oxygen atoms in total. The molecule has 6 heteroatoms. The Bertz CT molecular complexity index is 408. The van der Waals surface area contributed by atoms with Gasteiger partial charge in [-0.3, -0.25) is 9.69 Å². The summed E-state index contributed by atoms with van der Waals surface area (Å²) in [6.45, 7) is 1.27. The van der Waals surface area contributed by atoms with Gasteiger partial charge in [0.05, 0.1) is 13.2 Å². The van der Waals surface area contributed by atoms with Gasteiger partial charge in [0.25, 0.3) is 0 Å². The molecule has 0 bridgehead atoms. The van der Waals surface area contributed by atoms with Crippen LogP contribution < -0.4 is 10.2 Å². The van der Waals surface area contributed by atoms with Gasteiger partial charge in [-0.25, -0.2) is 4.79 Å². The van der Waals surface area contributed by atoms with Gasteiger partial charge in [0, 0.05) is 5.69 Å². The molecule has 0 aliphatic heterocycles. The Labute approximate surface area is 105 Å². The fourth-order valence-corrected chi connectivity index (χ4v) is 1.38. The predicted octanol–water partition coefficient (Wildman–Crippen LogP) is 0.668. The molecule has 0 aliphatic carbocycles. The van der Waals surface area contributed by atoms with Crippen LogP contribution in [0.2, 0.25) is 0 Å². The molecule has 18 heavy (non-hydrogen) atoms. The predicted molar refractivity (Wildman–Crippen MR) is 66.5 cm³/mol. The number of amides is 2. The highest BCUT2D eigenvalue weighted by atomic mass is 16.4. The lowest BCUT2D eigenvalue weighted by atomic mass is 10.3. The molecule has 0 fully saturated rings. The van der Waals surface area contributed by atoms with Crippen molar-refractivity contribution in [3.8, 4) is 0 Å². The van der Waals surface area contributed by atoms with Crippen LogP contribution in [-0.4, -0.2) is 41.4 Å². The average Bonchev–Trinajstić information content (AvgIpc) is 2.36. The van der Waals surface area contributed by atoms with Crippen molar-refractivity contribution in [1.29, 1.82) is 0 Å². The van der Waals surface area contributed by atoms with E-state index in [4.69, 9.17) is 10.2 Å². The van der Waals surface area contributed by atoms with E-state index < -0.39 is 18.0 Å². The fourth-order valence-electron chi connectivity index (χ4n) is 1.38. The van der Waals surface area contributed by atoms with Gasteiger partial charge in [-0.1, -0.05) is 18.2 Å². The van der Waals surface area contributed by atoms with Crippen molar-refractivity contribution in [2.75, 3.05) is 18.1 Å². The highest BCUT2D eigenvalue weighted by Gasteiger charge is 2.19. The zero-order valence-corrected chi connectivity index (χ0v) is 10.0. The third-order valence-corrected chi connectivity index (χ3v) is 2.35. The number of carboxylic acids is 1. The van der Waals surface area contributed by atoms with E-state index >= 15 is 0 Å². The summed E-state index contributed by atoms with van der Waals surface area (Å²) in [5.74, 6) is -1.11. The molecule has 1 aromatic carbocycles. The molecule has 0 spiro atoms. The highest BCUT2D eigenvalue weighted by molar-refractivity contribution is 5.94. The number of carbonyl (C=O) groups is 2. The van der Waals surface area contributed by atoms with E-state index in [1.807, 2.05) is 0 Å². The molecular formula is C12H16N2O4. The quantitative estimate of drug-likeness (QED) is 0.718. The number of para-hydroxylation sites is 1. The summed E-state index contributed by atoms with van der Waals surface area (Å²) in [5, 5.41) is 20.0. The SMILES string of the molecule is C[C@H](NC(=O)N(CCO)c1ccccc1)C(=O)O. The summed E-state index contributed by atoms with van der Waals surface area (Å²) in [4.78, 5) is 23.8. The Morgan fingerprint density at radius 3 is 2.44 bits per heavy atom. The Morgan fingerprint density at radius 2 is 1.94 bits per heavy atom. The van der Waals surface area contributed by atoms with E-state index in [0.717, 1.165) is 0 Å². The molecule has 1 atom stereocenters. The van der Waals surface area contributed by atoms with Crippen LogP contribution in [0.15, 0.2) is 30.3 Å². The first-order valence-electron chi connectivity index (χ1n) is 5.53. The third kappa shape index (κ3) is 3.74. The largest absolute Gasteiger partial charge is 0.480 e. The maximum atomic E-state index is 11.9. The van der Waals surface area contributed by atoms with Crippen molar-refractivity contribution >= 4 is 17.7 Å². The van der Waals surface area contributed by atoms with E-state index in [9.17, 15) is 9.59 Å². The third-order valence-electron chi connectivity index (χ3n) is 2.35. The van der Waals surface area contributed by atoms with Crippen LogP contribution in [0.1, 0.15) is 6.92 Å². The summed E-state index contributed by atoms with van der Waals surface area (Å²) in [7, 11) is 0. The number of aliphatic carboxylic acids is 1. The molecule has 3 N–H and O–H groups in total. The number of benzene rings is 1. The number of carboxylic acid groups (broad SMARTS) is 1. The van der Waals surface area contributed by atoms with E-state index in [2.05, 4.69) is 5.32 Å². The zero-order valence-electron chi connectivity index (χ0n) is 10.0. The van der Waals surface area contributed by atoms with Gasteiger partial charge in [-0.2, -0.15) is 0 Å². The smallest absolute Gasteiger partial charge is 0.325 e. The topological polar surface area (TPSA) is 89.9 Å². The minimum atomic E-state index is -1.11. The summed E-state index contributed by atoms with van der Waals surface area (Å²) >= 11 is 0. The molecule has 0 aliphatic rings. The fraction of sp³-hybridized carbons (Fsp3) is 0.333. The Morgan fingerprint density at radius 1 is 1.33 bits per heavy atom. The standard InChI is InChI=1S/C12H16N2O4/c1-9(11(16)17)13-12(18)14(7-8-15)10-5-3-2-4-6-10/h2-6,9,15H,7-8H2,1H3,(H,13,18)(H,16,17)/t9-/m0/s1. The number of nitrogens with zero attached hydrogens (tertiary/aromatic N) is 1. The second-order valence-corrected chi connectivity index (χ2v) is 3.72. The van der Waals surface area contributed by atoms with Crippen LogP contribution in [0.5, 0.6) is 0 Å². The molecule has 0 saturated carbocycles. The molecule has 0 heterocycles. The Kier molecular flexibility index (Phi) is 5.13. The van der Waals surface area contributed by atoms with Crippen molar-refractivity contribution in [3.05, 3.63) is 30.3 Å². The normalized spacial score (nSPS) is 11.7. The summed E-state index contributed by atoms with van der Waals surface area (Å²) in [6, 6.07) is 7.20. The van der Waals surface area contributed by atoms with E-state index in [0.29, 0.717) is 5.69 Å². The first kappa shape index (κ1) is 14.0. The summed E-state index contributed by atoms with van der Waals surface area (Å²) in [6.07, 6.45) is 0. The maximum Gasteiger partial charge on any atom is 0.325 e. The Hall–Kier alpha value is -2.08. The average molecular weight is 252 g/mol. The number of aliphatic hydroxyl groups excluding tert-OH is 1. The number of hydrogen-bond donors (Lipinski definition) is 3. The van der Waals surface area contributed by atoms with Crippen LogP contribution in [-0.2, 0) is 4.79 Å². The lowest BCUT2D eigenvalue weighted by molar-refractivity contribution is -0.138. The molecule has 1 rings (SSSR count). The van der Waals surface area contributed by atoms with Gasteiger partial charge in [-0.05, 0) is 19.1 Å². The molecule has 0 aromatic heterocycles. The van der Waals surface area contributed by atoms with Crippen molar-refractivity contribution in [2.24, 2.45) is 0 Å². The lowest BCUT2D eigenvalue weighted by Crippen LogP contribution is -2.47. The summed E-state index contributed by atoms with van der Waals surface area (Å²) in [5.41, 5.74) is 0.599. The number of urea groups is 1. The molecule has 98 valence electrons. The minimum absolute atomic E-state index is 0.0994. The number of carbonyl (C=O) groups excluding carboxylic acids is 1. The van der Waals surface area contributed by atoms with Crippen molar-refractivity contribution in [3.63, 3.8) is 0 Å². The lowest BCUT2D eigenvalue weighted by Gasteiger charge is -2.23. The van der Waals surface area contributed by atoms with Gasteiger partial charge in [0.2, 0.25) is 0 Å². The van der Waals surface area contributed by atoms with Crippen LogP contribution in [0.4, 0.5) is 10.5 Å². The second kappa shape index (κ2) is 6.61. The zero-order chi connectivity index (χ0) is 13.5. The van der Waals surface area contributed by atoms with Gasteiger partial charge >= 0.3 is 12.0 Å². The van der Waals surface area contributed by atoms with Gasteiger partial charge in [0.1, 0.15) is 6.04 Å². The molecular weight excluding hydrogens is 236 g/mol. The van der Waals surface area contributed by atoms with Gasteiger partial charge in [-0.15, -0.1) is 0 Å². The van der Waals surface area contributed by atoms with Gasteiger partial charge < -0.3 is 15.5 Å². The molecule has 0 unspecified atom stereocenters. The van der Waals surface area contributed by atoms with Crippen molar-refractivity contribution in [1.82, 2.24) is 5.32 Å². The molecule has 0 saturated heterocycles. The first-order chi connectivity index (χ1) is 8.56. The van der Waals surface area contributed by atoms with Crippen LogP contribution in [0, 0.1) is 0 Å². The van der Waals surface area contributed by atoms with E-state index in [1.165, 1.54) is 11.8 Å². The monoisotopic (exact) mass is 252 g/mol. The molecule has 1 aromatic rings. The number of hydrogen-bond acceptors (Lipinski definition) is 3. The second-order valence-electron chi connectivity index (χ2n) is 3.72. The number of aliphatic hydroxyl groups is 1. The first-order valence-corrected chi connectivity index (χ1v) is 5.53. The number of rotatable bonds is 5. The number of nitrogens with one attached hydrogen (secondary N) is 1. The summed E-state index contributed by atoms with van der Waals surface area (Å²) < 4.78 is 0. The van der Waals surface area contributed by atoms with Crippen LogP contribution in [0.3, 0.4) is 0 Å². The van der Waals surface area contributed by atoms with Crippen molar-refractivity contribution in [2.45, 2.75) is 13.0 Å². The van der Waals surface area contributed by atoms with Crippen molar-refractivity contribution < 1.29 is 19.8 Å². The number of anilines is 1. The van der Waals surface area contributed by atoms with E-state index in [-0.39, 0.29) is 13.2 Å². The van der Waals surface area contributed by atoms with Crippen LogP contribution in [0.25, 0.3) is 0 Å². The molecule has 2 amide bonds. The maximum absolute atomic E-state index is 11.9. The minimum Gasteiger partial charge on any atom is -0.480 e. The highest BCUT2D eigenvalue weighted by Crippen LogP contribution is 2.12. The molecule has 0 radical (unpaired) electrons. The van der Waals surface area contributed by atoms with E-state index in [1.54, 1.807) is 30.3 Å². The Balaban J connectivity index is 2.79. The van der Waals surface area contributed by atoms with Gasteiger partial charge in [0.15, 0.2) is 0 Å².